The molecule has 0 radical (unpaired) electrons. The van der Waals surface area contributed by atoms with Gasteiger partial charge in [0, 0.05) is 58.2 Å². The van der Waals surface area contributed by atoms with Gasteiger partial charge in [0.15, 0.2) is 0 Å². The van der Waals surface area contributed by atoms with E-state index in [-0.39, 0.29) is 0 Å². The average Bonchev–Trinajstić information content (AvgIpc) is 2.52. The van der Waals surface area contributed by atoms with Gasteiger partial charge in [-0.3, -0.25) is 4.90 Å². The summed E-state index contributed by atoms with van der Waals surface area (Å²) in [5.41, 5.74) is 0.957. The smallest absolute Gasteiger partial charge is 0.224 e. The van der Waals surface area contributed by atoms with Gasteiger partial charge in [0.2, 0.25) is 5.95 Å². The molecule has 0 bridgehead atoms. The van der Waals surface area contributed by atoms with Gasteiger partial charge in [-0.15, -0.1) is 0 Å². The van der Waals surface area contributed by atoms with Crippen LogP contribution in [0.3, 0.4) is 0 Å². The molecule has 0 saturated carbocycles. The number of aryl methyl sites for hydroxylation is 1. The maximum Gasteiger partial charge on any atom is 0.224 e. The monoisotopic (exact) mass is 309 g/mol. The summed E-state index contributed by atoms with van der Waals surface area (Å²) in [6.07, 6.45) is 0.958. The molecule has 22 heavy (non-hydrogen) atoms. The summed E-state index contributed by atoms with van der Waals surface area (Å²) in [4.78, 5) is 11.3. The molecule has 1 aromatic heterocycles. The Morgan fingerprint density at radius 2 is 2.05 bits per heavy atom. The van der Waals surface area contributed by atoms with Crippen LogP contribution in [0.5, 0.6) is 0 Å². The third kappa shape index (κ3) is 6.13. The summed E-state index contributed by atoms with van der Waals surface area (Å²) in [6, 6.07) is 1.96. The van der Waals surface area contributed by atoms with E-state index in [1.165, 1.54) is 0 Å². The number of anilines is 2. The molecular formula is C15H27N5O2. The molecule has 0 unspecified atom stereocenters. The molecule has 0 aromatic carbocycles. The predicted octanol–water partition coefficient (Wildman–Crippen LogP) is 0.978. The Balaban J connectivity index is 1.75. The highest BCUT2D eigenvalue weighted by molar-refractivity contribution is 5.42. The number of hydrogen-bond donors (Lipinski definition) is 2. The quantitative estimate of drug-likeness (QED) is 0.659. The number of aromatic nitrogens is 2. The van der Waals surface area contributed by atoms with Crippen LogP contribution in [0.25, 0.3) is 0 Å². The average molecular weight is 309 g/mol. The Kier molecular flexibility index (Phi) is 7.35. The van der Waals surface area contributed by atoms with Crippen molar-refractivity contribution < 1.29 is 9.47 Å². The summed E-state index contributed by atoms with van der Waals surface area (Å²) >= 11 is 0. The molecule has 1 fully saturated rings. The minimum atomic E-state index is 0.683. The van der Waals surface area contributed by atoms with E-state index in [1.807, 2.05) is 13.0 Å². The van der Waals surface area contributed by atoms with E-state index in [1.54, 1.807) is 7.11 Å². The van der Waals surface area contributed by atoms with Crippen LogP contribution in [-0.4, -0.2) is 74.5 Å². The van der Waals surface area contributed by atoms with E-state index >= 15 is 0 Å². The maximum atomic E-state index is 5.35. The minimum Gasteiger partial charge on any atom is -0.385 e. The molecule has 7 nitrogen and oxygen atoms in total. The van der Waals surface area contributed by atoms with Crippen LogP contribution in [0.15, 0.2) is 6.07 Å². The second-order valence-electron chi connectivity index (χ2n) is 5.37. The molecule has 0 aliphatic carbocycles. The fraction of sp³-hybridized carbons (Fsp3) is 0.733. The van der Waals surface area contributed by atoms with Crippen molar-refractivity contribution in [3.63, 3.8) is 0 Å². The molecule has 2 N–H and O–H groups in total. The summed E-state index contributed by atoms with van der Waals surface area (Å²) < 4.78 is 10.4. The molecular weight excluding hydrogens is 282 g/mol. The molecule has 1 aliphatic rings. The first kappa shape index (κ1) is 16.9. The van der Waals surface area contributed by atoms with Crippen LogP contribution < -0.4 is 10.6 Å². The van der Waals surface area contributed by atoms with E-state index in [2.05, 4.69) is 25.5 Å². The van der Waals surface area contributed by atoms with Crippen LogP contribution in [0, 0.1) is 6.92 Å². The van der Waals surface area contributed by atoms with Crippen LogP contribution in [0.4, 0.5) is 11.8 Å². The van der Waals surface area contributed by atoms with Crippen LogP contribution in [0.1, 0.15) is 12.1 Å². The van der Waals surface area contributed by atoms with Crippen LogP contribution in [-0.2, 0) is 9.47 Å². The summed E-state index contributed by atoms with van der Waals surface area (Å²) in [6.45, 7) is 9.07. The molecule has 1 aromatic rings. The number of methoxy groups -OCH3 is 1. The predicted molar refractivity (Wildman–Crippen MR) is 87.5 cm³/mol. The second-order valence-corrected chi connectivity index (χ2v) is 5.37. The minimum absolute atomic E-state index is 0.683. The number of morpholine rings is 1. The standard InChI is InChI=1S/C15H27N5O2/c1-13-12-14(16-4-3-9-21-2)19-15(18-13)17-5-6-20-7-10-22-11-8-20/h12H,3-11H2,1-2H3,(H2,16,17,18,19). The van der Waals surface area contributed by atoms with Gasteiger partial charge in [0.25, 0.3) is 0 Å². The lowest BCUT2D eigenvalue weighted by Gasteiger charge is -2.26. The summed E-state index contributed by atoms with van der Waals surface area (Å²) in [7, 11) is 1.71. The fourth-order valence-electron chi connectivity index (χ4n) is 2.32. The molecule has 0 spiro atoms. The topological polar surface area (TPSA) is 71.5 Å². The number of nitrogens with one attached hydrogen (secondary N) is 2. The Morgan fingerprint density at radius 3 is 2.82 bits per heavy atom. The first-order valence-corrected chi connectivity index (χ1v) is 7.90. The van der Waals surface area contributed by atoms with Gasteiger partial charge in [-0.2, -0.15) is 4.98 Å². The molecule has 7 heteroatoms. The van der Waals surface area contributed by atoms with E-state index < -0.39 is 0 Å². The summed E-state index contributed by atoms with van der Waals surface area (Å²) in [5.74, 6) is 1.54. The largest absolute Gasteiger partial charge is 0.385 e. The zero-order valence-corrected chi connectivity index (χ0v) is 13.6. The van der Waals surface area contributed by atoms with E-state index in [4.69, 9.17) is 9.47 Å². The number of hydrogen-bond acceptors (Lipinski definition) is 7. The SMILES string of the molecule is COCCCNc1cc(C)nc(NCCN2CCOCC2)n1. The van der Waals surface area contributed by atoms with E-state index in [0.29, 0.717) is 5.95 Å². The van der Waals surface area contributed by atoms with Crippen molar-refractivity contribution in [2.24, 2.45) is 0 Å². The zero-order chi connectivity index (χ0) is 15.6. The third-order valence-corrected chi connectivity index (χ3v) is 3.50. The third-order valence-electron chi connectivity index (χ3n) is 3.50. The normalized spacial score (nSPS) is 15.7. The van der Waals surface area contributed by atoms with Crippen molar-refractivity contribution in [3.05, 3.63) is 11.8 Å². The molecule has 0 amide bonds. The van der Waals surface area contributed by atoms with Crippen molar-refractivity contribution >= 4 is 11.8 Å². The lowest BCUT2D eigenvalue weighted by atomic mass is 10.4. The highest BCUT2D eigenvalue weighted by Crippen LogP contribution is 2.09. The zero-order valence-electron chi connectivity index (χ0n) is 13.6. The van der Waals surface area contributed by atoms with Crippen molar-refractivity contribution in [2.45, 2.75) is 13.3 Å². The van der Waals surface area contributed by atoms with E-state index in [9.17, 15) is 0 Å². The fourth-order valence-corrected chi connectivity index (χ4v) is 2.32. The molecule has 0 atom stereocenters. The first-order valence-electron chi connectivity index (χ1n) is 7.90. The highest BCUT2D eigenvalue weighted by Gasteiger charge is 2.09. The number of rotatable bonds is 9. The Hall–Kier alpha value is -1.44. The van der Waals surface area contributed by atoms with Gasteiger partial charge in [-0.1, -0.05) is 0 Å². The van der Waals surface area contributed by atoms with Crippen molar-refractivity contribution in [2.75, 3.05) is 70.3 Å². The second kappa shape index (κ2) is 9.55. The van der Waals surface area contributed by atoms with E-state index in [0.717, 1.165) is 70.5 Å². The van der Waals surface area contributed by atoms with Gasteiger partial charge in [-0.05, 0) is 13.3 Å². The van der Waals surface area contributed by atoms with Crippen molar-refractivity contribution in [1.82, 2.24) is 14.9 Å². The maximum absolute atomic E-state index is 5.35. The molecule has 1 aliphatic heterocycles. The van der Waals surface area contributed by atoms with Crippen molar-refractivity contribution in [1.29, 1.82) is 0 Å². The van der Waals surface area contributed by atoms with Crippen LogP contribution >= 0.6 is 0 Å². The van der Waals surface area contributed by atoms with Gasteiger partial charge in [-0.25, -0.2) is 4.98 Å². The van der Waals surface area contributed by atoms with Gasteiger partial charge >= 0.3 is 0 Å². The first-order chi connectivity index (χ1) is 10.8. The summed E-state index contributed by atoms with van der Waals surface area (Å²) in [5, 5.41) is 6.61. The molecule has 1 saturated heterocycles. The molecule has 124 valence electrons. The molecule has 2 heterocycles. The number of nitrogens with zero attached hydrogens (tertiary/aromatic N) is 3. The molecule has 2 rings (SSSR count). The van der Waals surface area contributed by atoms with Gasteiger partial charge in [0.05, 0.1) is 13.2 Å². The Morgan fingerprint density at radius 1 is 1.23 bits per heavy atom. The van der Waals surface area contributed by atoms with Gasteiger partial charge in [0.1, 0.15) is 5.82 Å². The van der Waals surface area contributed by atoms with Gasteiger partial charge < -0.3 is 20.1 Å². The Bertz CT molecular complexity index is 438. The lowest BCUT2D eigenvalue weighted by Crippen LogP contribution is -2.39. The highest BCUT2D eigenvalue weighted by atomic mass is 16.5. The Labute approximate surface area is 132 Å². The van der Waals surface area contributed by atoms with Crippen molar-refractivity contribution in [3.8, 4) is 0 Å². The van der Waals surface area contributed by atoms with Crippen LogP contribution in [0.2, 0.25) is 0 Å². The lowest BCUT2D eigenvalue weighted by molar-refractivity contribution is 0.0398. The number of ether oxygens (including phenoxy) is 2.